The number of esters is 1. The third-order valence-corrected chi connectivity index (χ3v) is 3.07. The van der Waals surface area contributed by atoms with Gasteiger partial charge >= 0.3 is 5.97 Å². The lowest BCUT2D eigenvalue weighted by Gasteiger charge is -2.04. The summed E-state index contributed by atoms with van der Waals surface area (Å²) >= 11 is 1.29. The van der Waals surface area contributed by atoms with Crippen molar-refractivity contribution in [1.82, 2.24) is 0 Å². The molecule has 0 fully saturated rings. The summed E-state index contributed by atoms with van der Waals surface area (Å²) in [5.74, 6) is -0.0738. The van der Waals surface area contributed by atoms with Gasteiger partial charge in [-0.3, -0.25) is 4.79 Å². The lowest BCUT2D eigenvalue weighted by atomic mass is 10.2. The van der Waals surface area contributed by atoms with Gasteiger partial charge in [-0.15, -0.1) is 11.8 Å². The smallest absolute Gasteiger partial charge is 0.306 e. The first kappa shape index (κ1) is 13.0. The van der Waals surface area contributed by atoms with Gasteiger partial charge in [-0.1, -0.05) is 6.07 Å². The number of carbonyl (C=O) groups excluding carboxylic acids is 1. The average Bonchev–Trinajstić information content (AvgIpc) is 2.30. The van der Waals surface area contributed by atoms with Gasteiger partial charge in [0.2, 0.25) is 0 Å². The number of ether oxygens (including phenoxy) is 1. The van der Waals surface area contributed by atoms with Crippen LogP contribution in [0.2, 0.25) is 0 Å². The van der Waals surface area contributed by atoms with E-state index in [0.717, 1.165) is 5.56 Å². The zero-order valence-electron chi connectivity index (χ0n) is 9.03. The van der Waals surface area contributed by atoms with E-state index in [-0.39, 0.29) is 18.2 Å². The molecule has 1 aromatic carbocycles. The van der Waals surface area contributed by atoms with Gasteiger partial charge in [0.25, 0.3) is 0 Å². The Morgan fingerprint density at radius 1 is 1.56 bits per heavy atom. The van der Waals surface area contributed by atoms with Gasteiger partial charge in [-0.2, -0.15) is 0 Å². The summed E-state index contributed by atoms with van der Waals surface area (Å²) in [6.07, 6.45) is 0.277. The summed E-state index contributed by atoms with van der Waals surface area (Å²) in [4.78, 5) is 11.4. The molecule has 0 aliphatic carbocycles. The molecule has 2 N–H and O–H groups in total. The molecule has 3 nitrogen and oxygen atoms in total. The summed E-state index contributed by atoms with van der Waals surface area (Å²) in [7, 11) is 1.34. The maximum Gasteiger partial charge on any atom is 0.306 e. The molecule has 5 heteroatoms. The molecule has 88 valence electrons. The molecule has 0 saturated carbocycles. The lowest BCUT2D eigenvalue weighted by molar-refractivity contribution is -0.140. The number of nitrogens with two attached hydrogens (primary N) is 1. The van der Waals surface area contributed by atoms with Crippen LogP contribution in [-0.2, 0) is 16.1 Å². The van der Waals surface area contributed by atoms with Crippen LogP contribution in [0.4, 0.5) is 4.39 Å². The standard InChI is InChI=1S/C11H14FNO2S/c1-15-11(14)4-5-16-10-3-2-8(7-13)6-9(10)12/h2-3,6H,4-5,7,13H2,1H3. The van der Waals surface area contributed by atoms with E-state index in [1.165, 1.54) is 24.9 Å². The summed E-state index contributed by atoms with van der Waals surface area (Å²) in [5, 5.41) is 0. The Kier molecular flexibility index (Phi) is 5.28. The van der Waals surface area contributed by atoms with Crippen LogP contribution in [0.5, 0.6) is 0 Å². The van der Waals surface area contributed by atoms with E-state index in [2.05, 4.69) is 4.74 Å². The van der Waals surface area contributed by atoms with E-state index >= 15 is 0 Å². The molecule has 0 aliphatic heterocycles. The molecule has 0 heterocycles. The molecule has 0 saturated heterocycles. The topological polar surface area (TPSA) is 52.3 Å². The van der Waals surface area contributed by atoms with Gasteiger partial charge in [0.1, 0.15) is 5.82 Å². The van der Waals surface area contributed by atoms with E-state index in [1.807, 2.05) is 0 Å². The number of thioether (sulfide) groups is 1. The van der Waals surface area contributed by atoms with Crippen molar-refractivity contribution in [2.75, 3.05) is 12.9 Å². The average molecular weight is 243 g/mol. The molecule has 1 aromatic rings. The predicted molar refractivity (Wildman–Crippen MR) is 61.6 cm³/mol. The van der Waals surface area contributed by atoms with E-state index < -0.39 is 0 Å². The van der Waals surface area contributed by atoms with Crippen LogP contribution in [0.1, 0.15) is 12.0 Å². The third kappa shape index (κ3) is 3.83. The number of hydrogen-bond acceptors (Lipinski definition) is 4. The normalized spacial score (nSPS) is 10.2. The summed E-state index contributed by atoms with van der Waals surface area (Å²) < 4.78 is 17.9. The summed E-state index contributed by atoms with van der Waals surface area (Å²) in [6, 6.07) is 4.88. The fourth-order valence-electron chi connectivity index (χ4n) is 1.13. The first-order valence-corrected chi connectivity index (χ1v) is 5.84. The predicted octanol–water partition coefficient (Wildman–Crippen LogP) is 1.94. The zero-order chi connectivity index (χ0) is 12.0. The zero-order valence-corrected chi connectivity index (χ0v) is 9.85. The number of benzene rings is 1. The summed E-state index contributed by atoms with van der Waals surface area (Å²) in [6.45, 7) is 0.323. The summed E-state index contributed by atoms with van der Waals surface area (Å²) in [5.41, 5.74) is 6.15. The van der Waals surface area contributed by atoms with E-state index in [9.17, 15) is 9.18 Å². The molecule has 0 spiro atoms. The van der Waals surface area contributed by atoms with Crippen LogP contribution >= 0.6 is 11.8 Å². The first-order chi connectivity index (χ1) is 7.67. The van der Waals surface area contributed by atoms with Crippen LogP contribution < -0.4 is 5.73 Å². The molecule has 1 rings (SSSR count). The van der Waals surface area contributed by atoms with E-state index in [0.29, 0.717) is 17.2 Å². The fourth-order valence-corrected chi connectivity index (χ4v) is 1.98. The van der Waals surface area contributed by atoms with Crippen molar-refractivity contribution in [2.45, 2.75) is 17.9 Å². The molecule has 0 radical (unpaired) electrons. The van der Waals surface area contributed by atoms with E-state index in [1.54, 1.807) is 12.1 Å². The van der Waals surface area contributed by atoms with Gasteiger partial charge in [0.05, 0.1) is 13.5 Å². The number of halogens is 1. The minimum absolute atomic E-state index is 0.277. The van der Waals surface area contributed by atoms with Crippen molar-refractivity contribution >= 4 is 17.7 Å². The van der Waals surface area contributed by atoms with Crippen molar-refractivity contribution in [2.24, 2.45) is 5.73 Å². The van der Waals surface area contributed by atoms with Crippen molar-refractivity contribution in [3.05, 3.63) is 29.6 Å². The fraction of sp³-hybridized carbons (Fsp3) is 0.364. The highest BCUT2D eigenvalue weighted by molar-refractivity contribution is 7.99. The molecule has 0 amide bonds. The van der Waals surface area contributed by atoms with Crippen LogP contribution in [0, 0.1) is 5.82 Å². The second kappa shape index (κ2) is 6.50. The lowest BCUT2D eigenvalue weighted by Crippen LogP contribution is -2.01. The van der Waals surface area contributed by atoms with Gasteiger partial charge in [0, 0.05) is 17.2 Å². The van der Waals surface area contributed by atoms with Crippen molar-refractivity contribution in [3.63, 3.8) is 0 Å². The second-order valence-corrected chi connectivity index (χ2v) is 4.28. The third-order valence-electron chi connectivity index (χ3n) is 2.02. The number of hydrogen-bond donors (Lipinski definition) is 1. The Morgan fingerprint density at radius 2 is 2.31 bits per heavy atom. The quantitative estimate of drug-likeness (QED) is 0.634. The van der Waals surface area contributed by atoms with E-state index in [4.69, 9.17) is 5.73 Å². The minimum atomic E-state index is -0.294. The van der Waals surface area contributed by atoms with Gasteiger partial charge in [-0.25, -0.2) is 4.39 Å². The molecule has 0 aliphatic rings. The van der Waals surface area contributed by atoms with Crippen LogP contribution in [-0.4, -0.2) is 18.8 Å². The van der Waals surface area contributed by atoms with Crippen LogP contribution in [0.3, 0.4) is 0 Å². The Bertz CT molecular complexity index is 371. The monoisotopic (exact) mass is 243 g/mol. The number of methoxy groups -OCH3 is 1. The van der Waals surface area contributed by atoms with Crippen molar-refractivity contribution in [1.29, 1.82) is 0 Å². The first-order valence-electron chi connectivity index (χ1n) is 4.85. The molecule has 16 heavy (non-hydrogen) atoms. The Labute approximate surface area is 98.2 Å². The SMILES string of the molecule is COC(=O)CCSc1ccc(CN)cc1F. The van der Waals surface area contributed by atoms with Gasteiger partial charge in [-0.05, 0) is 17.7 Å². The highest BCUT2D eigenvalue weighted by Crippen LogP contribution is 2.23. The van der Waals surface area contributed by atoms with Crippen molar-refractivity contribution in [3.8, 4) is 0 Å². The molecule has 0 aromatic heterocycles. The second-order valence-electron chi connectivity index (χ2n) is 3.14. The molecular weight excluding hydrogens is 229 g/mol. The highest BCUT2D eigenvalue weighted by atomic mass is 32.2. The van der Waals surface area contributed by atoms with Crippen molar-refractivity contribution < 1.29 is 13.9 Å². The molecule has 0 unspecified atom stereocenters. The minimum Gasteiger partial charge on any atom is -0.469 e. The Balaban J connectivity index is 2.51. The van der Waals surface area contributed by atoms with Crippen LogP contribution in [0.25, 0.3) is 0 Å². The molecular formula is C11H14FNO2S. The largest absolute Gasteiger partial charge is 0.469 e. The Morgan fingerprint density at radius 3 is 2.88 bits per heavy atom. The van der Waals surface area contributed by atoms with Gasteiger partial charge in [0.15, 0.2) is 0 Å². The maximum atomic E-state index is 13.5. The van der Waals surface area contributed by atoms with Crippen LogP contribution in [0.15, 0.2) is 23.1 Å². The molecule has 0 atom stereocenters. The number of rotatable bonds is 5. The molecule has 0 bridgehead atoms. The Hall–Kier alpha value is -1.07. The maximum absolute atomic E-state index is 13.5. The van der Waals surface area contributed by atoms with Gasteiger partial charge < -0.3 is 10.5 Å². The highest BCUT2D eigenvalue weighted by Gasteiger charge is 2.05. The number of carbonyl (C=O) groups is 1.